The SMILES string of the molecule is C[C@H](CO)[C@H]1CCC2/C(=C/C3C4=C(CC[C@H](O[Si](C)(C)C(C)(C)C)C4)CS3(=O)=O)CCC[C@@]21C. The molecule has 0 aromatic carbocycles. The van der Waals surface area contributed by atoms with Crippen molar-refractivity contribution in [1.82, 2.24) is 0 Å². The third-order valence-corrected chi connectivity index (χ3v) is 16.9. The van der Waals surface area contributed by atoms with E-state index in [-0.39, 0.29) is 28.9 Å². The van der Waals surface area contributed by atoms with Gasteiger partial charge < -0.3 is 9.53 Å². The van der Waals surface area contributed by atoms with Crippen LogP contribution in [0.5, 0.6) is 0 Å². The zero-order valence-electron chi connectivity index (χ0n) is 22.6. The highest BCUT2D eigenvalue weighted by molar-refractivity contribution is 7.92. The van der Waals surface area contributed by atoms with Gasteiger partial charge in [-0.15, -0.1) is 0 Å². The first kappa shape index (κ1) is 26.6. The molecule has 194 valence electrons. The van der Waals surface area contributed by atoms with Gasteiger partial charge in [0.25, 0.3) is 0 Å². The Hall–Kier alpha value is -0.433. The quantitative estimate of drug-likeness (QED) is 0.343. The Labute approximate surface area is 209 Å². The molecule has 3 aliphatic carbocycles. The molecule has 0 spiro atoms. The van der Waals surface area contributed by atoms with Gasteiger partial charge in [0.05, 0.1) is 5.75 Å². The van der Waals surface area contributed by atoms with Crippen LogP contribution in [-0.2, 0) is 14.3 Å². The molecule has 0 radical (unpaired) electrons. The van der Waals surface area contributed by atoms with Crippen LogP contribution in [0.2, 0.25) is 18.1 Å². The lowest BCUT2D eigenvalue weighted by atomic mass is 9.61. The summed E-state index contributed by atoms with van der Waals surface area (Å²) >= 11 is 0. The van der Waals surface area contributed by atoms with Crippen LogP contribution in [0.3, 0.4) is 0 Å². The molecule has 0 aromatic heterocycles. The van der Waals surface area contributed by atoms with E-state index in [4.69, 9.17) is 4.43 Å². The number of aliphatic hydroxyl groups excluding tert-OH is 1. The van der Waals surface area contributed by atoms with Gasteiger partial charge in [-0.05, 0) is 98.2 Å². The third-order valence-electron chi connectivity index (χ3n) is 10.4. The van der Waals surface area contributed by atoms with E-state index < -0.39 is 23.4 Å². The maximum Gasteiger partial charge on any atom is 0.192 e. The van der Waals surface area contributed by atoms with Crippen molar-refractivity contribution in [2.75, 3.05) is 12.4 Å². The van der Waals surface area contributed by atoms with E-state index in [0.29, 0.717) is 17.8 Å². The normalized spacial score (nSPS) is 38.2. The van der Waals surface area contributed by atoms with Crippen molar-refractivity contribution in [1.29, 1.82) is 0 Å². The van der Waals surface area contributed by atoms with Gasteiger partial charge in [0, 0.05) is 12.7 Å². The second-order valence-corrected chi connectivity index (χ2v) is 20.5. The molecule has 0 aromatic rings. The van der Waals surface area contributed by atoms with Gasteiger partial charge >= 0.3 is 0 Å². The average molecular weight is 509 g/mol. The second kappa shape index (κ2) is 9.15. The lowest BCUT2D eigenvalue weighted by Crippen LogP contribution is -2.44. The standard InChI is InChI=1S/C28H48O4SSi/c1-19(17-29)24-12-13-25-20(9-8-14-28(24,25)5)15-26-23-16-22(32-34(6,7)27(2,3)4)11-10-21(23)18-33(26,30)31/h15,19,22,24-26,29H,8-14,16-18H2,1-7H3/b20-15+/t19-,22+,24-,25?,26?,28-/m1/s1. The van der Waals surface area contributed by atoms with Gasteiger partial charge in [-0.25, -0.2) is 8.42 Å². The molecule has 6 heteroatoms. The molecule has 0 saturated heterocycles. The predicted molar refractivity (Wildman–Crippen MR) is 143 cm³/mol. The molecule has 6 atom stereocenters. The number of hydrogen-bond donors (Lipinski definition) is 1. The predicted octanol–water partition coefficient (Wildman–Crippen LogP) is 6.43. The number of aliphatic hydroxyl groups is 1. The summed E-state index contributed by atoms with van der Waals surface area (Å²) in [4.78, 5) is 0. The van der Waals surface area contributed by atoms with E-state index >= 15 is 0 Å². The van der Waals surface area contributed by atoms with E-state index in [1.165, 1.54) is 17.6 Å². The van der Waals surface area contributed by atoms with Crippen LogP contribution in [0.1, 0.15) is 86.0 Å². The highest BCUT2D eigenvalue weighted by atomic mass is 32.2. The first-order valence-electron chi connectivity index (χ1n) is 13.6. The summed E-state index contributed by atoms with van der Waals surface area (Å²) in [5.41, 5.74) is 3.91. The topological polar surface area (TPSA) is 63.6 Å². The van der Waals surface area contributed by atoms with Crippen molar-refractivity contribution in [3.8, 4) is 0 Å². The number of fused-ring (bicyclic) bond motifs is 1. The van der Waals surface area contributed by atoms with Crippen molar-refractivity contribution < 1.29 is 18.0 Å². The van der Waals surface area contributed by atoms with Crippen LogP contribution in [0, 0.1) is 23.2 Å². The number of hydrogen-bond acceptors (Lipinski definition) is 4. The third kappa shape index (κ3) is 4.66. The monoisotopic (exact) mass is 508 g/mol. The summed E-state index contributed by atoms with van der Waals surface area (Å²) in [6.07, 6.45) is 10.6. The summed E-state index contributed by atoms with van der Waals surface area (Å²) < 4.78 is 33.5. The Morgan fingerprint density at radius 3 is 2.56 bits per heavy atom. The Morgan fingerprint density at radius 1 is 1.21 bits per heavy atom. The van der Waals surface area contributed by atoms with E-state index in [1.807, 2.05) is 0 Å². The second-order valence-electron chi connectivity index (χ2n) is 13.6. The fourth-order valence-electron chi connectivity index (χ4n) is 7.45. The minimum atomic E-state index is -3.18. The molecule has 4 nitrogen and oxygen atoms in total. The van der Waals surface area contributed by atoms with Gasteiger partial charge in [0.2, 0.25) is 0 Å². The summed E-state index contributed by atoms with van der Waals surface area (Å²) in [6, 6.07) is 0. The van der Waals surface area contributed by atoms with Crippen molar-refractivity contribution >= 4 is 18.2 Å². The zero-order valence-corrected chi connectivity index (χ0v) is 24.4. The minimum absolute atomic E-state index is 0.145. The fraction of sp³-hybridized carbons (Fsp3) is 0.857. The summed E-state index contributed by atoms with van der Waals surface area (Å²) in [5, 5.41) is 9.55. The summed E-state index contributed by atoms with van der Waals surface area (Å²) in [7, 11) is -5.08. The molecule has 0 amide bonds. The van der Waals surface area contributed by atoms with E-state index in [0.717, 1.165) is 50.5 Å². The maximum atomic E-state index is 13.4. The van der Waals surface area contributed by atoms with Crippen molar-refractivity contribution in [3.05, 3.63) is 22.8 Å². The molecule has 34 heavy (non-hydrogen) atoms. The number of allylic oxidation sites excluding steroid dienone is 1. The number of rotatable bonds is 5. The first-order valence-corrected chi connectivity index (χ1v) is 18.2. The van der Waals surface area contributed by atoms with E-state index in [1.54, 1.807) is 0 Å². The van der Waals surface area contributed by atoms with Gasteiger partial charge in [0.1, 0.15) is 5.25 Å². The van der Waals surface area contributed by atoms with Gasteiger partial charge in [0.15, 0.2) is 18.2 Å². The molecule has 1 N–H and O–H groups in total. The average Bonchev–Trinajstić information content (AvgIpc) is 3.20. The molecule has 2 fully saturated rings. The van der Waals surface area contributed by atoms with E-state index in [9.17, 15) is 13.5 Å². The van der Waals surface area contributed by atoms with Gasteiger partial charge in [-0.3, -0.25) is 0 Å². The molecule has 1 heterocycles. The molecule has 4 rings (SSSR count). The Kier molecular flexibility index (Phi) is 7.16. The van der Waals surface area contributed by atoms with Crippen LogP contribution >= 0.6 is 0 Å². The molecule has 2 saturated carbocycles. The Morgan fingerprint density at radius 2 is 1.91 bits per heavy atom. The lowest BCUT2D eigenvalue weighted by molar-refractivity contribution is 0.0688. The minimum Gasteiger partial charge on any atom is -0.414 e. The lowest BCUT2D eigenvalue weighted by Gasteiger charge is -2.44. The molecular formula is C28H48O4SSi. The first-order chi connectivity index (χ1) is 15.7. The largest absolute Gasteiger partial charge is 0.414 e. The van der Waals surface area contributed by atoms with Crippen LogP contribution < -0.4 is 0 Å². The summed E-state index contributed by atoms with van der Waals surface area (Å²) in [6.45, 7) is 16.2. The zero-order chi connectivity index (χ0) is 25.1. The van der Waals surface area contributed by atoms with Gasteiger partial charge in [-0.2, -0.15) is 0 Å². The molecular weight excluding hydrogens is 460 g/mol. The fourth-order valence-corrected chi connectivity index (χ4v) is 10.9. The van der Waals surface area contributed by atoms with Crippen molar-refractivity contribution in [3.63, 3.8) is 0 Å². The number of sulfone groups is 1. The van der Waals surface area contributed by atoms with Crippen LogP contribution in [-0.4, -0.2) is 45.6 Å². The molecule has 0 bridgehead atoms. The maximum absolute atomic E-state index is 13.4. The van der Waals surface area contributed by atoms with Crippen LogP contribution in [0.25, 0.3) is 0 Å². The summed E-state index contributed by atoms with van der Waals surface area (Å²) in [5.74, 6) is 1.54. The van der Waals surface area contributed by atoms with Crippen molar-refractivity contribution in [2.24, 2.45) is 23.2 Å². The Bertz CT molecular complexity index is 957. The highest BCUT2D eigenvalue weighted by Crippen LogP contribution is 2.59. The smallest absolute Gasteiger partial charge is 0.192 e. The van der Waals surface area contributed by atoms with E-state index in [2.05, 4.69) is 53.8 Å². The Balaban J connectivity index is 1.59. The highest BCUT2D eigenvalue weighted by Gasteiger charge is 2.51. The van der Waals surface area contributed by atoms with Crippen LogP contribution in [0.4, 0.5) is 0 Å². The van der Waals surface area contributed by atoms with Gasteiger partial charge in [-0.1, -0.05) is 51.8 Å². The molecule has 1 aliphatic heterocycles. The molecule has 2 unspecified atom stereocenters. The van der Waals surface area contributed by atoms with Crippen LogP contribution in [0.15, 0.2) is 22.8 Å². The molecule has 4 aliphatic rings. The van der Waals surface area contributed by atoms with Crippen molar-refractivity contribution in [2.45, 2.75) is 115 Å².